The van der Waals surface area contributed by atoms with Crippen molar-refractivity contribution in [2.75, 3.05) is 13.0 Å². The van der Waals surface area contributed by atoms with Crippen molar-refractivity contribution in [3.63, 3.8) is 0 Å². The van der Waals surface area contributed by atoms with Gasteiger partial charge >= 0.3 is 0 Å². The Kier molecular flexibility index (Phi) is 0.529. The molecule has 1 saturated heterocycles. The molecule has 58 valence electrons. The first-order valence-corrected chi connectivity index (χ1v) is 2.62. The molecule has 0 bridgehead atoms. The fourth-order valence-electron chi connectivity index (χ4n) is 0.416. The highest BCUT2D eigenvalue weighted by atomic mass is 16.2. The Bertz CT molecular complexity index is 459. The molecule has 0 unspecified atom stereocenters. The molecule has 1 amide bonds. The molecule has 0 aromatic rings. The molecule has 1 aliphatic heterocycles. The van der Waals surface area contributed by atoms with E-state index < -0.39 is 49.3 Å². The lowest BCUT2D eigenvalue weighted by Gasteiger charge is -2.17. The smallest absolute Gasteiger partial charge is 0.219 e. The number of carbonyl (C=O) groups is 1. The molecule has 1 aliphatic rings. The third kappa shape index (κ3) is 2.01. The molecule has 0 atom stereocenters. The van der Waals surface area contributed by atoms with Crippen molar-refractivity contribution < 1.29 is 21.2 Å². The van der Waals surface area contributed by atoms with Crippen LogP contribution in [0, 0.1) is 0 Å². The van der Waals surface area contributed by atoms with Crippen molar-refractivity contribution in [3.05, 3.63) is 0 Å². The van der Waals surface area contributed by atoms with Gasteiger partial charge in [0.05, 0.1) is 0 Å². The lowest BCUT2D eigenvalue weighted by molar-refractivity contribution is -0.128. The average molecular weight is 153 g/mol. The van der Waals surface area contributed by atoms with Gasteiger partial charge in [0, 0.05) is 36.4 Å². The van der Waals surface area contributed by atoms with E-state index in [4.69, 9.17) is 16.4 Å². The van der Waals surface area contributed by atoms with E-state index in [0.29, 0.717) is 6.92 Å². The summed E-state index contributed by atoms with van der Waals surface area (Å²) in [6, 6.07) is 0. The quantitative estimate of drug-likeness (QED) is 0.515. The van der Waals surface area contributed by atoms with Crippen LogP contribution in [0.5, 0.6) is 0 Å². The number of nitrogens with zero attached hydrogens (tertiary/aromatic N) is 1. The topological polar surface area (TPSA) is 20.3 Å². The van der Waals surface area contributed by atoms with Gasteiger partial charge in [-0.05, 0) is 12.7 Å². The van der Waals surface area contributed by atoms with Gasteiger partial charge in [-0.1, -0.05) is 12.7 Å². The Morgan fingerprint density at radius 3 is 2.20 bits per heavy atom. The van der Waals surface area contributed by atoms with Gasteiger partial charge in [-0.25, -0.2) is 0 Å². The van der Waals surface area contributed by atoms with Crippen molar-refractivity contribution in [2.45, 2.75) is 32.4 Å². The molecule has 1 fully saturated rings. The van der Waals surface area contributed by atoms with E-state index in [-0.39, 0.29) is 0 Å². The van der Waals surface area contributed by atoms with Crippen molar-refractivity contribution >= 4 is 5.91 Å². The summed E-state index contributed by atoms with van der Waals surface area (Å²) < 4.78 is 91.9. The summed E-state index contributed by atoms with van der Waals surface area (Å²) in [5.41, 5.74) is 0. The SMILES string of the molecule is [2H]C1([2H])N(C(C)=O)C([2H])([2H])C([2H])([2H])C([2H])([2H])C([2H])([2H])C1([2H])[2H]. The number of hydrogen-bond acceptors (Lipinski definition) is 1. The van der Waals surface area contributed by atoms with Gasteiger partial charge in [0.2, 0.25) is 5.91 Å². The standard InChI is InChI=1S/C8H15NO/c1-8(10)9-6-4-2-3-5-7-9/h2-7H2,1H3/i2D2,3D2,4D2,5D2,6D2,7D2. The lowest BCUT2D eigenvalue weighted by atomic mass is 10.2. The minimum atomic E-state index is -3.77. The molecule has 10 heavy (non-hydrogen) atoms. The van der Waals surface area contributed by atoms with E-state index in [0.717, 1.165) is 0 Å². The number of rotatable bonds is 0. The fourth-order valence-corrected chi connectivity index (χ4v) is 0.416. The highest BCUT2D eigenvalue weighted by Gasteiger charge is 2.09. The summed E-state index contributed by atoms with van der Waals surface area (Å²) in [5, 5.41) is 0. The minimum absolute atomic E-state index is 0.400. The zero-order valence-electron chi connectivity index (χ0n) is 17.4. The molecule has 0 radical (unpaired) electrons. The van der Waals surface area contributed by atoms with E-state index in [9.17, 15) is 4.79 Å². The van der Waals surface area contributed by atoms with E-state index >= 15 is 0 Å². The molecule has 1 rings (SSSR count). The number of hydrogen-bond donors (Lipinski definition) is 0. The molecule has 2 heteroatoms. The first-order chi connectivity index (χ1) is 9.32. The maximum Gasteiger partial charge on any atom is 0.219 e. The van der Waals surface area contributed by atoms with E-state index in [1.54, 1.807) is 0 Å². The van der Waals surface area contributed by atoms with Crippen LogP contribution in [0.2, 0.25) is 0 Å². The second-order valence-corrected chi connectivity index (χ2v) is 1.58. The van der Waals surface area contributed by atoms with Gasteiger partial charge in [-0.2, -0.15) is 0 Å². The van der Waals surface area contributed by atoms with Crippen LogP contribution in [0.3, 0.4) is 0 Å². The zero-order chi connectivity index (χ0) is 18.2. The minimum Gasteiger partial charge on any atom is -0.343 e. The summed E-state index contributed by atoms with van der Waals surface area (Å²) in [4.78, 5) is 11.2. The van der Waals surface area contributed by atoms with Crippen molar-refractivity contribution in [2.24, 2.45) is 0 Å². The molecule has 2 nitrogen and oxygen atoms in total. The van der Waals surface area contributed by atoms with Gasteiger partial charge < -0.3 is 4.90 Å². The summed E-state index contributed by atoms with van der Waals surface area (Å²) >= 11 is 0. The maximum atomic E-state index is 11.6. The molecule has 0 saturated carbocycles. The first kappa shape index (κ1) is 1.47. The molecule has 0 aromatic heterocycles. The number of amides is 1. The summed E-state index contributed by atoms with van der Waals surface area (Å²) in [5.74, 6) is -1.39. The molecule has 0 aromatic carbocycles. The van der Waals surface area contributed by atoms with Crippen molar-refractivity contribution in [1.29, 1.82) is 0 Å². The van der Waals surface area contributed by atoms with Crippen LogP contribution in [0.15, 0.2) is 0 Å². The number of carbonyl (C=O) groups excluding carboxylic acids is 1. The van der Waals surface area contributed by atoms with Crippen LogP contribution in [-0.2, 0) is 4.79 Å². The second-order valence-electron chi connectivity index (χ2n) is 1.58. The van der Waals surface area contributed by atoms with Crippen LogP contribution in [0.1, 0.15) is 48.9 Å². The van der Waals surface area contributed by atoms with E-state index in [1.807, 2.05) is 0 Å². The monoisotopic (exact) mass is 153 g/mol. The predicted molar refractivity (Wildman–Crippen MR) is 40.7 cm³/mol. The fraction of sp³-hybridized carbons (Fsp3) is 0.875. The Hall–Kier alpha value is -0.530. The molecule has 0 aliphatic carbocycles. The Balaban J connectivity index is 3.97. The van der Waals surface area contributed by atoms with Crippen LogP contribution in [0.4, 0.5) is 0 Å². The number of likely N-dealkylation sites (tertiary alicyclic amines) is 1. The Labute approximate surface area is 79.1 Å². The summed E-state index contributed by atoms with van der Waals surface area (Å²) in [6.07, 6.45) is -15.0. The molecule has 0 N–H and O–H groups in total. The van der Waals surface area contributed by atoms with Gasteiger partial charge in [-0.15, -0.1) is 0 Å². The second kappa shape index (κ2) is 3.59. The summed E-state index contributed by atoms with van der Waals surface area (Å²) in [6.45, 7) is -6.61. The maximum absolute atomic E-state index is 11.6. The van der Waals surface area contributed by atoms with Gasteiger partial charge in [0.25, 0.3) is 0 Å². The van der Waals surface area contributed by atoms with Crippen LogP contribution < -0.4 is 0 Å². The first-order valence-electron chi connectivity index (χ1n) is 8.62. The zero-order valence-corrected chi connectivity index (χ0v) is 5.36. The van der Waals surface area contributed by atoms with Crippen molar-refractivity contribution in [3.8, 4) is 0 Å². The average Bonchev–Trinajstić information content (AvgIpc) is 2.25. The van der Waals surface area contributed by atoms with Crippen molar-refractivity contribution in [1.82, 2.24) is 4.90 Å². The molecular formula is C8H15NO. The van der Waals surface area contributed by atoms with Crippen LogP contribution in [-0.4, -0.2) is 23.8 Å². The third-order valence-electron chi connectivity index (χ3n) is 0.838. The normalized spacial score (nSPS) is 68.3. The molecule has 0 spiro atoms. The van der Waals surface area contributed by atoms with Gasteiger partial charge in [0.1, 0.15) is 0 Å². The Morgan fingerprint density at radius 1 is 1.30 bits per heavy atom. The highest BCUT2D eigenvalue weighted by Crippen LogP contribution is 2.08. The Morgan fingerprint density at radius 2 is 1.80 bits per heavy atom. The van der Waals surface area contributed by atoms with Crippen LogP contribution in [0.25, 0.3) is 0 Å². The molecular weight excluding hydrogens is 126 g/mol. The van der Waals surface area contributed by atoms with E-state index in [2.05, 4.69) is 0 Å². The van der Waals surface area contributed by atoms with Gasteiger partial charge in [0.15, 0.2) is 0 Å². The lowest BCUT2D eigenvalue weighted by Crippen LogP contribution is -2.29. The van der Waals surface area contributed by atoms with E-state index in [1.165, 1.54) is 0 Å². The van der Waals surface area contributed by atoms with Gasteiger partial charge in [-0.3, -0.25) is 4.79 Å². The third-order valence-corrected chi connectivity index (χ3v) is 0.838. The predicted octanol–water partition coefficient (Wildman–Crippen LogP) is 1.41. The van der Waals surface area contributed by atoms with Crippen LogP contribution >= 0.6 is 0 Å². The molecule has 1 heterocycles. The highest BCUT2D eigenvalue weighted by molar-refractivity contribution is 5.73. The summed E-state index contributed by atoms with van der Waals surface area (Å²) in [7, 11) is 0. The largest absolute Gasteiger partial charge is 0.343 e.